The van der Waals surface area contributed by atoms with E-state index in [1.54, 1.807) is 6.07 Å². The molecule has 0 aliphatic rings. The summed E-state index contributed by atoms with van der Waals surface area (Å²) in [7, 11) is 2.96. The quantitative estimate of drug-likeness (QED) is 0.442. The van der Waals surface area contributed by atoms with Crippen LogP contribution in [0.4, 0.5) is 0 Å². The predicted octanol–water partition coefficient (Wildman–Crippen LogP) is 2.25. The molecule has 1 rings (SSSR count). The van der Waals surface area contributed by atoms with Crippen LogP contribution in [0, 0.1) is 0 Å². The highest BCUT2D eigenvalue weighted by molar-refractivity contribution is 14.1. The van der Waals surface area contributed by atoms with Crippen LogP contribution < -0.4 is 4.74 Å². The van der Waals surface area contributed by atoms with E-state index in [4.69, 9.17) is 9.57 Å². The smallest absolute Gasteiger partial charge is 0.278 e. The van der Waals surface area contributed by atoms with Crippen LogP contribution in [0.25, 0.3) is 0 Å². The minimum Gasteiger partial charge on any atom is -0.466 e. The number of amides is 1. The second-order valence-electron chi connectivity index (χ2n) is 2.75. The van der Waals surface area contributed by atoms with E-state index in [9.17, 15) is 4.79 Å². The zero-order chi connectivity index (χ0) is 12.1. The van der Waals surface area contributed by atoms with Gasteiger partial charge in [0.15, 0.2) is 0 Å². The van der Waals surface area contributed by atoms with Crippen molar-refractivity contribution in [3.8, 4) is 5.88 Å². The first-order valence-electron chi connectivity index (χ1n) is 4.26. The number of rotatable bonds is 4. The van der Waals surface area contributed by atoms with Gasteiger partial charge in [-0.05, 0) is 44.6 Å². The fourth-order valence-corrected chi connectivity index (χ4v) is 1.72. The van der Waals surface area contributed by atoms with Crippen LogP contribution in [0.15, 0.2) is 16.7 Å². The number of carbonyl (C=O) groups is 1. The molecule has 5 nitrogen and oxygen atoms in total. The summed E-state index contributed by atoms with van der Waals surface area (Å²) in [5, 5.41) is 1.13. The lowest BCUT2D eigenvalue weighted by Crippen LogP contribution is -2.25. The molecule has 0 aliphatic carbocycles. The fourth-order valence-electron chi connectivity index (χ4n) is 0.965. The molecule has 7 heteroatoms. The summed E-state index contributed by atoms with van der Waals surface area (Å²) in [5.74, 6) is 0.197. The molecule has 0 saturated heterocycles. The molecule has 1 heterocycles. The largest absolute Gasteiger partial charge is 0.466 e. The Morgan fingerprint density at radius 2 is 2.38 bits per heavy atom. The maximum Gasteiger partial charge on any atom is 0.278 e. The van der Waals surface area contributed by atoms with Gasteiger partial charge in [0.05, 0.1) is 17.1 Å². The number of halogens is 2. The highest BCUT2D eigenvalue weighted by atomic mass is 127. The minimum atomic E-state index is -0.267. The third kappa shape index (κ3) is 3.29. The molecular weight excluding hydrogens is 391 g/mol. The van der Waals surface area contributed by atoms with Crippen molar-refractivity contribution < 1.29 is 14.4 Å². The van der Waals surface area contributed by atoms with E-state index in [0.717, 1.165) is 5.06 Å². The minimum absolute atomic E-state index is 0.267. The lowest BCUT2D eigenvalue weighted by Gasteiger charge is -2.13. The van der Waals surface area contributed by atoms with Crippen molar-refractivity contribution >= 4 is 44.4 Å². The number of pyridine rings is 1. The Bertz CT molecular complexity index is 389. The van der Waals surface area contributed by atoms with Crippen molar-refractivity contribution in [2.24, 2.45) is 0 Å². The van der Waals surface area contributed by atoms with Gasteiger partial charge in [0.2, 0.25) is 5.88 Å². The van der Waals surface area contributed by atoms with Gasteiger partial charge in [-0.1, -0.05) is 0 Å². The van der Waals surface area contributed by atoms with E-state index in [1.807, 2.05) is 0 Å². The number of nitrogens with zero attached hydrogens (tertiary/aromatic N) is 2. The third-order valence-electron chi connectivity index (χ3n) is 1.81. The molecule has 0 N–H and O–H groups in total. The van der Waals surface area contributed by atoms with Gasteiger partial charge in [-0.2, -0.15) is 0 Å². The van der Waals surface area contributed by atoms with Gasteiger partial charge < -0.3 is 4.74 Å². The van der Waals surface area contributed by atoms with Gasteiger partial charge in [-0.3, -0.25) is 9.63 Å². The third-order valence-corrected chi connectivity index (χ3v) is 2.69. The average Bonchev–Trinajstić information content (AvgIpc) is 2.30. The molecule has 1 aromatic heterocycles. The van der Waals surface area contributed by atoms with Gasteiger partial charge in [0, 0.05) is 13.2 Å². The Morgan fingerprint density at radius 3 is 2.88 bits per heavy atom. The van der Waals surface area contributed by atoms with E-state index < -0.39 is 0 Å². The van der Waals surface area contributed by atoms with E-state index in [0.29, 0.717) is 20.5 Å². The zero-order valence-electron chi connectivity index (χ0n) is 8.74. The summed E-state index contributed by atoms with van der Waals surface area (Å²) in [6.07, 6.45) is 1.45. The highest BCUT2D eigenvalue weighted by Crippen LogP contribution is 2.23. The second kappa shape index (κ2) is 6.36. The van der Waals surface area contributed by atoms with Gasteiger partial charge in [0.1, 0.15) is 4.61 Å². The standard InChI is InChI=1S/C9H10BrIN2O3/c1-13(15-2)9(14)6-3-7(10)8(12-4-6)16-5-11/h3-4H,5H2,1-2H3. The van der Waals surface area contributed by atoms with Crippen molar-refractivity contribution in [2.75, 3.05) is 18.8 Å². The summed E-state index contributed by atoms with van der Waals surface area (Å²) in [6, 6.07) is 1.65. The fraction of sp³-hybridized carbons (Fsp3) is 0.333. The van der Waals surface area contributed by atoms with Crippen LogP contribution >= 0.6 is 38.5 Å². The van der Waals surface area contributed by atoms with Crippen LogP contribution in [-0.4, -0.2) is 34.7 Å². The van der Waals surface area contributed by atoms with Crippen LogP contribution in [0.2, 0.25) is 0 Å². The Morgan fingerprint density at radius 1 is 1.69 bits per heavy atom. The topological polar surface area (TPSA) is 51.7 Å². The van der Waals surface area contributed by atoms with Gasteiger partial charge in [0.25, 0.3) is 5.91 Å². The number of carbonyl (C=O) groups excluding carboxylic acids is 1. The summed E-state index contributed by atoms with van der Waals surface area (Å²) >= 11 is 5.35. The molecule has 0 radical (unpaired) electrons. The van der Waals surface area contributed by atoms with Crippen molar-refractivity contribution in [2.45, 2.75) is 0 Å². The number of alkyl halides is 1. The van der Waals surface area contributed by atoms with Crippen LogP contribution in [0.1, 0.15) is 10.4 Å². The van der Waals surface area contributed by atoms with E-state index in [1.165, 1.54) is 20.4 Å². The first kappa shape index (κ1) is 13.7. The van der Waals surface area contributed by atoms with Crippen molar-refractivity contribution in [1.82, 2.24) is 10.0 Å². The molecule has 0 fully saturated rings. The first-order chi connectivity index (χ1) is 7.60. The molecule has 0 aliphatic heterocycles. The predicted molar refractivity (Wildman–Crippen MR) is 70.6 cm³/mol. The summed E-state index contributed by atoms with van der Waals surface area (Å²) in [4.78, 5) is 20.5. The van der Waals surface area contributed by atoms with E-state index in [2.05, 4.69) is 43.5 Å². The van der Waals surface area contributed by atoms with E-state index >= 15 is 0 Å². The second-order valence-corrected chi connectivity index (χ2v) is 4.23. The number of aromatic nitrogens is 1. The average molecular weight is 401 g/mol. The monoisotopic (exact) mass is 400 g/mol. The Labute approximate surface area is 115 Å². The van der Waals surface area contributed by atoms with Gasteiger partial charge >= 0.3 is 0 Å². The highest BCUT2D eigenvalue weighted by Gasteiger charge is 2.14. The van der Waals surface area contributed by atoms with Crippen LogP contribution in [0.3, 0.4) is 0 Å². The molecule has 16 heavy (non-hydrogen) atoms. The maximum atomic E-state index is 11.7. The van der Waals surface area contributed by atoms with Crippen LogP contribution in [0.5, 0.6) is 5.88 Å². The van der Waals surface area contributed by atoms with Crippen molar-refractivity contribution in [1.29, 1.82) is 0 Å². The van der Waals surface area contributed by atoms with Gasteiger partial charge in [-0.15, -0.1) is 0 Å². The molecule has 0 saturated carbocycles. The lowest BCUT2D eigenvalue weighted by molar-refractivity contribution is -0.0757. The molecule has 1 amide bonds. The lowest BCUT2D eigenvalue weighted by atomic mass is 10.2. The molecule has 0 aromatic carbocycles. The maximum absolute atomic E-state index is 11.7. The van der Waals surface area contributed by atoms with Crippen LogP contribution in [-0.2, 0) is 4.84 Å². The SMILES string of the molecule is CON(C)C(=O)c1cnc(OCI)c(Br)c1. The van der Waals surface area contributed by atoms with Gasteiger partial charge in [-0.25, -0.2) is 10.0 Å². The normalized spacial score (nSPS) is 10.0. The first-order valence-corrected chi connectivity index (χ1v) is 6.58. The number of hydroxylamine groups is 2. The summed E-state index contributed by atoms with van der Waals surface area (Å²) in [6.45, 7) is 0. The van der Waals surface area contributed by atoms with Crippen molar-refractivity contribution in [3.05, 3.63) is 22.3 Å². The Balaban J connectivity index is 2.92. The summed E-state index contributed by atoms with van der Waals surface area (Å²) in [5.41, 5.74) is 0.428. The van der Waals surface area contributed by atoms with E-state index in [-0.39, 0.29) is 5.91 Å². The summed E-state index contributed by atoms with van der Waals surface area (Å²) < 4.78 is 6.36. The Kier molecular flexibility index (Phi) is 5.42. The number of ether oxygens (including phenoxy) is 1. The van der Waals surface area contributed by atoms with Crippen molar-refractivity contribution in [3.63, 3.8) is 0 Å². The molecule has 1 aromatic rings. The zero-order valence-corrected chi connectivity index (χ0v) is 12.5. The molecule has 0 spiro atoms. The number of hydrogen-bond donors (Lipinski definition) is 0. The molecule has 0 atom stereocenters. The molecular formula is C9H10BrIN2O3. The number of hydrogen-bond acceptors (Lipinski definition) is 4. The Hall–Kier alpha value is -0.410. The molecule has 0 unspecified atom stereocenters. The molecule has 0 bridgehead atoms. The molecule has 88 valence electrons.